The van der Waals surface area contributed by atoms with Gasteiger partial charge in [0, 0.05) is 0 Å². The van der Waals surface area contributed by atoms with E-state index in [0.717, 1.165) is 12.1 Å². The predicted octanol–water partition coefficient (Wildman–Crippen LogP) is 1.83. The monoisotopic (exact) mass is 233 g/mol. The summed E-state index contributed by atoms with van der Waals surface area (Å²) < 4.78 is 41.6. The number of carbonyl (C=O) groups excluding carboxylic acids is 1. The third-order valence-electron chi connectivity index (χ3n) is 1.78. The second-order valence-electron chi connectivity index (χ2n) is 2.94. The number of nitrogens with one attached hydrogen (secondary N) is 1. The minimum Gasteiger partial charge on any atom is -0.492 e. The van der Waals surface area contributed by atoms with E-state index < -0.39 is 11.7 Å². The highest BCUT2D eigenvalue weighted by atomic mass is 19.4. The number of hydrogen-bond acceptors (Lipinski definition) is 2. The SMILES string of the molecule is O=CNCCOc1ccc(C(F)(F)F)cc1. The van der Waals surface area contributed by atoms with Crippen molar-refractivity contribution in [3.8, 4) is 5.75 Å². The highest BCUT2D eigenvalue weighted by molar-refractivity contribution is 5.45. The summed E-state index contributed by atoms with van der Waals surface area (Å²) in [5.41, 5.74) is -0.717. The Morgan fingerprint density at radius 3 is 2.38 bits per heavy atom. The first-order chi connectivity index (χ1) is 7.54. The van der Waals surface area contributed by atoms with Crippen molar-refractivity contribution < 1.29 is 22.7 Å². The molecular weight excluding hydrogens is 223 g/mol. The number of benzene rings is 1. The molecule has 0 aliphatic rings. The highest BCUT2D eigenvalue weighted by Gasteiger charge is 2.29. The van der Waals surface area contributed by atoms with E-state index in [1.165, 1.54) is 12.1 Å². The zero-order chi connectivity index (χ0) is 12.0. The average Bonchev–Trinajstić information content (AvgIpc) is 2.24. The maximum absolute atomic E-state index is 12.2. The highest BCUT2D eigenvalue weighted by Crippen LogP contribution is 2.30. The van der Waals surface area contributed by atoms with Gasteiger partial charge in [0.1, 0.15) is 12.4 Å². The Morgan fingerprint density at radius 1 is 1.25 bits per heavy atom. The van der Waals surface area contributed by atoms with Gasteiger partial charge >= 0.3 is 6.18 Å². The van der Waals surface area contributed by atoms with Gasteiger partial charge in [0.15, 0.2) is 0 Å². The van der Waals surface area contributed by atoms with E-state index in [4.69, 9.17) is 4.74 Å². The van der Waals surface area contributed by atoms with Gasteiger partial charge in [-0.3, -0.25) is 4.79 Å². The van der Waals surface area contributed by atoms with Crippen molar-refractivity contribution >= 4 is 6.41 Å². The van der Waals surface area contributed by atoms with E-state index in [1.807, 2.05) is 0 Å². The normalized spacial score (nSPS) is 10.9. The van der Waals surface area contributed by atoms with Crippen LogP contribution in [0.5, 0.6) is 5.75 Å². The topological polar surface area (TPSA) is 38.3 Å². The number of rotatable bonds is 5. The minimum absolute atomic E-state index is 0.212. The van der Waals surface area contributed by atoms with E-state index in [-0.39, 0.29) is 6.61 Å². The number of hydrogen-bond donors (Lipinski definition) is 1. The number of amides is 1. The first-order valence-electron chi connectivity index (χ1n) is 4.51. The number of ether oxygens (including phenoxy) is 1. The quantitative estimate of drug-likeness (QED) is 0.622. The van der Waals surface area contributed by atoms with Crippen LogP contribution in [0.15, 0.2) is 24.3 Å². The molecule has 3 nitrogen and oxygen atoms in total. The number of halogens is 3. The van der Waals surface area contributed by atoms with Gasteiger partial charge in [0.25, 0.3) is 0 Å². The van der Waals surface area contributed by atoms with Crippen molar-refractivity contribution in [3.63, 3.8) is 0 Å². The lowest BCUT2D eigenvalue weighted by atomic mass is 10.2. The molecule has 0 heterocycles. The van der Waals surface area contributed by atoms with Crippen LogP contribution in [0, 0.1) is 0 Å². The summed E-state index contributed by atoms with van der Waals surface area (Å²) >= 11 is 0. The van der Waals surface area contributed by atoms with Gasteiger partial charge in [0.2, 0.25) is 6.41 Å². The van der Waals surface area contributed by atoms with E-state index in [9.17, 15) is 18.0 Å². The van der Waals surface area contributed by atoms with Gasteiger partial charge in [-0.1, -0.05) is 0 Å². The smallest absolute Gasteiger partial charge is 0.416 e. The molecule has 88 valence electrons. The van der Waals surface area contributed by atoms with Crippen molar-refractivity contribution in [1.29, 1.82) is 0 Å². The Bertz CT molecular complexity index is 335. The predicted molar refractivity (Wildman–Crippen MR) is 51.0 cm³/mol. The molecule has 1 aromatic carbocycles. The molecule has 0 radical (unpaired) electrons. The fourth-order valence-corrected chi connectivity index (χ4v) is 1.03. The Labute approximate surface area is 90.2 Å². The molecule has 0 saturated heterocycles. The van der Waals surface area contributed by atoms with Crippen LogP contribution in [0.2, 0.25) is 0 Å². The first-order valence-corrected chi connectivity index (χ1v) is 4.51. The van der Waals surface area contributed by atoms with E-state index in [0.29, 0.717) is 18.7 Å². The van der Waals surface area contributed by atoms with E-state index in [2.05, 4.69) is 5.32 Å². The Morgan fingerprint density at radius 2 is 1.88 bits per heavy atom. The zero-order valence-electron chi connectivity index (χ0n) is 8.25. The maximum Gasteiger partial charge on any atom is 0.416 e. The lowest BCUT2D eigenvalue weighted by Crippen LogP contribution is -2.18. The molecule has 1 aromatic rings. The summed E-state index contributed by atoms with van der Waals surface area (Å²) in [6, 6.07) is 4.37. The molecule has 0 aliphatic carbocycles. The van der Waals surface area contributed by atoms with Gasteiger partial charge in [0.05, 0.1) is 12.1 Å². The van der Waals surface area contributed by atoms with Crippen LogP contribution in [-0.4, -0.2) is 19.6 Å². The molecule has 0 aromatic heterocycles. The van der Waals surface area contributed by atoms with Gasteiger partial charge in [-0.05, 0) is 24.3 Å². The molecule has 16 heavy (non-hydrogen) atoms. The third-order valence-corrected chi connectivity index (χ3v) is 1.78. The maximum atomic E-state index is 12.2. The molecule has 0 saturated carbocycles. The molecule has 1 amide bonds. The van der Waals surface area contributed by atoms with E-state index >= 15 is 0 Å². The van der Waals surface area contributed by atoms with Crippen LogP contribution in [0.3, 0.4) is 0 Å². The molecule has 0 spiro atoms. The lowest BCUT2D eigenvalue weighted by Gasteiger charge is -2.08. The van der Waals surface area contributed by atoms with Crippen LogP contribution < -0.4 is 10.1 Å². The summed E-state index contributed by atoms with van der Waals surface area (Å²) in [5.74, 6) is 0.334. The molecule has 1 rings (SSSR count). The molecule has 6 heteroatoms. The average molecular weight is 233 g/mol. The molecule has 1 N–H and O–H groups in total. The lowest BCUT2D eigenvalue weighted by molar-refractivity contribution is -0.137. The van der Waals surface area contributed by atoms with Crippen LogP contribution in [-0.2, 0) is 11.0 Å². The molecular formula is C10H10F3NO2. The van der Waals surface area contributed by atoms with Gasteiger partial charge < -0.3 is 10.1 Å². The van der Waals surface area contributed by atoms with Crippen molar-refractivity contribution in [3.05, 3.63) is 29.8 Å². The second-order valence-corrected chi connectivity index (χ2v) is 2.94. The van der Waals surface area contributed by atoms with Crippen molar-refractivity contribution in [2.75, 3.05) is 13.2 Å². The van der Waals surface area contributed by atoms with Crippen LogP contribution >= 0.6 is 0 Å². The minimum atomic E-state index is -4.34. The Hall–Kier alpha value is -1.72. The summed E-state index contributed by atoms with van der Waals surface area (Å²) in [6.07, 6.45) is -3.81. The number of alkyl halides is 3. The first kappa shape index (κ1) is 12.4. The van der Waals surface area contributed by atoms with Crippen molar-refractivity contribution in [2.45, 2.75) is 6.18 Å². The van der Waals surface area contributed by atoms with Crippen LogP contribution in [0.4, 0.5) is 13.2 Å². The van der Waals surface area contributed by atoms with Crippen LogP contribution in [0.1, 0.15) is 5.56 Å². The van der Waals surface area contributed by atoms with E-state index in [1.54, 1.807) is 0 Å². The summed E-state index contributed by atoms with van der Waals surface area (Å²) in [7, 11) is 0. The largest absolute Gasteiger partial charge is 0.492 e. The Kier molecular flexibility index (Phi) is 4.16. The van der Waals surface area contributed by atoms with Crippen LogP contribution in [0.25, 0.3) is 0 Å². The molecule has 0 bridgehead atoms. The zero-order valence-corrected chi connectivity index (χ0v) is 8.25. The van der Waals surface area contributed by atoms with Gasteiger partial charge in [-0.25, -0.2) is 0 Å². The third kappa shape index (κ3) is 3.80. The summed E-state index contributed by atoms with van der Waals surface area (Å²) in [5, 5.41) is 2.37. The molecule has 0 aliphatic heterocycles. The second kappa shape index (κ2) is 5.39. The molecule has 0 fully saturated rings. The van der Waals surface area contributed by atoms with Crippen molar-refractivity contribution in [1.82, 2.24) is 5.32 Å². The van der Waals surface area contributed by atoms with Gasteiger partial charge in [-0.2, -0.15) is 13.2 Å². The fraction of sp³-hybridized carbons (Fsp3) is 0.300. The summed E-state index contributed by atoms with van der Waals surface area (Å²) in [4.78, 5) is 9.88. The van der Waals surface area contributed by atoms with Gasteiger partial charge in [-0.15, -0.1) is 0 Å². The summed E-state index contributed by atoms with van der Waals surface area (Å²) in [6.45, 7) is 0.522. The van der Waals surface area contributed by atoms with Crippen molar-refractivity contribution in [2.24, 2.45) is 0 Å². The number of carbonyl (C=O) groups is 1. The molecule has 0 atom stereocenters. The Balaban J connectivity index is 2.48. The fourth-order valence-electron chi connectivity index (χ4n) is 1.03. The standard InChI is InChI=1S/C10H10F3NO2/c11-10(12,13)8-1-3-9(4-2-8)16-6-5-14-7-15/h1-4,7H,5-6H2,(H,14,15). The molecule has 0 unspecified atom stereocenters.